The molecule has 3 N–H and O–H groups in total. The Kier molecular flexibility index (Phi) is 6.27. The molecule has 0 bridgehead atoms. The van der Waals surface area contributed by atoms with E-state index in [1.165, 1.54) is 4.90 Å². The van der Waals surface area contributed by atoms with Crippen molar-refractivity contribution in [1.82, 2.24) is 15.5 Å². The first-order chi connectivity index (χ1) is 9.01. The Bertz CT molecular complexity index is 340. The van der Waals surface area contributed by atoms with E-state index in [0.717, 1.165) is 25.7 Å². The topological polar surface area (TPSA) is 98.7 Å². The molecule has 0 heterocycles. The quantitative estimate of drug-likeness (QED) is 0.639. The van der Waals surface area contributed by atoms with Gasteiger partial charge in [0.15, 0.2) is 0 Å². The third-order valence-electron chi connectivity index (χ3n) is 3.12. The standard InChI is InChI=1S/C12H21N3O4/c1-2-15(8-11(17)18)7-10(16)14-12(19)13-9-5-3-4-6-9/h9H,2-8H2,1H3,(H,17,18)(H2,13,14,16,19). The number of amides is 3. The van der Waals surface area contributed by atoms with Gasteiger partial charge in [0.05, 0.1) is 13.1 Å². The van der Waals surface area contributed by atoms with Crippen LogP contribution in [-0.4, -0.2) is 53.6 Å². The van der Waals surface area contributed by atoms with E-state index in [4.69, 9.17) is 5.11 Å². The van der Waals surface area contributed by atoms with E-state index in [1.54, 1.807) is 6.92 Å². The van der Waals surface area contributed by atoms with Crippen molar-refractivity contribution >= 4 is 17.9 Å². The minimum absolute atomic E-state index is 0.0963. The fourth-order valence-corrected chi connectivity index (χ4v) is 2.13. The van der Waals surface area contributed by atoms with Gasteiger partial charge in [0.25, 0.3) is 0 Å². The second-order valence-corrected chi connectivity index (χ2v) is 4.70. The van der Waals surface area contributed by atoms with Crippen molar-refractivity contribution in [3.8, 4) is 0 Å². The van der Waals surface area contributed by atoms with Crippen molar-refractivity contribution in [3.05, 3.63) is 0 Å². The number of imide groups is 1. The summed E-state index contributed by atoms with van der Waals surface area (Å²) >= 11 is 0. The molecule has 0 radical (unpaired) electrons. The molecule has 19 heavy (non-hydrogen) atoms. The third kappa shape index (κ3) is 6.19. The minimum atomic E-state index is -0.995. The summed E-state index contributed by atoms with van der Waals surface area (Å²) in [4.78, 5) is 35.1. The van der Waals surface area contributed by atoms with E-state index < -0.39 is 17.9 Å². The number of nitrogens with one attached hydrogen (secondary N) is 2. The van der Waals surface area contributed by atoms with Crippen LogP contribution in [0.15, 0.2) is 0 Å². The van der Waals surface area contributed by atoms with Crippen LogP contribution < -0.4 is 10.6 Å². The first-order valence-corrected chi connectivity index (χ1v) is 6.55. The fraction of sp³-hybridized carbons (Fsp3) is 0.750. The van der Waals surface area contributed by atoms with E-state index >= 15 is 0 Å². The Balaban J connectivity index is 2.28. The maximum absolute atomic E-state index is 11.6. The highest BCUT2D eigenvalue weighted by molar-refractivity contribution is 5.95. The van der Waals surface area contributed by atoms with Gasteiger partial charge in [-0.15, -0.1) is 0 Å². The zero-order valence-electron chi connectivity index (χ0n) is 11.1. The van der Waals surface area contributed by atoms with E-state index in [-0.39, 0.29) is 19.1 Å². The Morgan fingerprint density at radius 1 is 1.21 bits per heavy atom. The lowest BCUT2D eigenvalue weighted by Crippen LogP contribution is -2.47. The molecule has 0 aromatic rings. The first kappa shape index (κ1) is 15.4. The predicted octanol–water partition coefficient (Wildman–Crippen LogP) is 0.161. The highest BCUT2D eigenvalue weighted by Gasteiger charge is 2.19. The number of hydrogen-bond acceptors (Lipinski definition) is 4. The first-order valence-electron chi connectivity index (χ1n) is 6.55. The van der Waals surface area contributed by atoms with Crippen LogP contribution in [0.2, 0.25) is 0 Å². The van der Waals surface area contributed by atoms with Gasteiger partial charge in [0, 0.05) is 6.04 Å². The summed E-state index contributed by atoms with van der Waals surface area (Å²) in [6.45, 7) is 1.88. The summed E-state index contributed by atoms with van der Waals surface area (Å²) in [6, 6.07) is -0.350. The van der Waals surface area contributed by atoms with Crippen LogP contribution in [0.25, 0.3) is 0 Å². The molecule has 0 atom stereocenters. The van der Waals surface area contributed by atoms with E-state index in [1.807, 2.05) is 0 Å². The summed E-state index contributed by atoms with van der Waals surface area (Å²) in [5.74, 6) is -1.48. The largest absolute Gasteiger partial charge is 0.480 e. The number of urea groups is 1. The summed E-state index contributed by atoms with van der Waals surface area (Å²) in [5, 5.41) is 13.6. The van der Waals surface area contributed by atoms with Crippen LogP contribution in [0.3, 0.4) is 0 Å². The zero-order valence-corrected chi connectivity index (χ0v) is 11.1. The number of likely N-dealkylation sites (N-methyl/N-ethyl adjacent to an activating group) is 1. The van der Waals surface area contributed by atoms with Crippen molar-refractivity contribution in [2.75, 3.05) is 19.6 Å². The summed E-state index contributed by atoms with van der Waals surface area (Å²) in [6.07, 6.45) is 4.09. The number of carbonyl (C=O) groups is 3. The molecule has 0 aromatic carbocycles. The van der Waals surface area contributed by atoms with E-state index in [0.29, 0.717) is 6.54 Å². The molecule has 1 aliphatic rings. The summed E-state index contributed by atoms with van der Waals surface area (Å²) < 4.78 is 0. The average Bonchev–Trinajstić information content (AvgIpc) is 2.79. The molecule has 108 valence electrons. The lowest BCUT2D eigenvalue weighted by atomic mass is 10.2. The van der Waals surface area contributed by atoms with Crippen LogP contribution in [0.4, 0.5) is 4.79 Å². The van der Waals surface area contributed by atoms with E-state index in [9.17, 15) is 14.4 Å². The molecule has 1 saturated carbocycles. The molecule has 0 saturated heterocycles. The molecular weight excluding hydrogens is 250 g/mol. The number of hydrogen-bond donors (Lipinski definition) is 3. The molecule has 1 rings (SSSR count). The SMILES string of the molecule is CCN(CC(=O)O)CC(=O)NC(=O)NC1CCCC1. The molecule has 0 unspecified atom stereocenters. The number of aliphatic carboxylic acids is 1. The Morgan fingerprint density at radius 3 is 2.37 bits per heavy atom. The normalized spacial score (nSPS) is 15.5. The van der Waals surface area contributed by atoms with Crippen LogP contribution in [0.1, 0.15) is 32.6 Å². The van der Waals surface area contributed by atoms with Crippen molar-refractivity contribution in [2.24, 2.45) is 0 Å². The van der Waals surface area contributed by atoms with Gasteiger partial charge in [-0.05, 0) is 19.4 Å². The van der Waals surface area contributed by atoms with Crippen LogP contribution in [0, 0.1) is 0 Å². The molecule has 1 fully saturated rings. The average molecular weight is 271 g/mol. The van der Waals surface area contributed by atoms with Crippen LogP contribution in [0.5, 0.6) is 0 Å². The molecule has 3 amide bonds. The van der Waals surface area contributed by atoms with Gasteiger partial charge in [0.2, 0.25) is 5.91 Å². The van der Waals surface area contributed by atoms with Crippen molar-refractivity contribution < 1.29 is 19.5 Å². The second kappa shape index (κ2) is 7.73. The Morgan fingerprint density at radius 2 is 1.84 bits per heavy atom. The lowest BCUT2D eigenvalue weighted by molar-refractivity contribution is -0.138. The third-order valence-corrected chi connectivity index (χ3v) is 3.12. The van der Waals surface area contributed by atoms with Gasteiger partial charge in [-0.2, -0.15) is 0 Å². The van der Waals surface area contributed by atoms with Crippen molar-refractivity contribution in [1.29, 1.82) is 0 Å². The Labute approximate surface area is 112 Å². The van der Waals surface area contributed by atoms with Crippen LogP contribution in [-0.2, 0) is 9.59 Å². The van der Waals surface area contributed by atoms with Crippen LogP contribution >= 0.6 is 0 Å². The lowest BCUT2D eigenvalue weighted by Gasteiger charge is -2.17. The molecule has 7 nitrogen and oxygen atoms in total. The summed E-state index contributed by atoms with van der Waals surface area (Å²) in [5.41, 5.74) is 0. The summed E-state index contributed by atoms with van der Waals surface area (Å²) in [7, 11) is 0. The van der Waals surface area contributed by atoms with Gasteiger partial charge < -0.3 is 10.4 Å². The van der Waals surface area contributed by atoms with Crippen molar-refractivity contribution in [2.45, 2.75) is 38.6 Å². The Hall–Kier alpha value is -1.63. The smallest absolute Gasteiger partial charge is 0.321 e. The number of carboxylic acid groups (broad SMARTS) is 1. The zero-order chi connectivity index (χ0) is 14.3. The molecular formula is C12H21N3O4. The highest BCUT2D eigenvalue weighted by Crippen LogP contribution is 2.17. The maximum atomic E-state index is 11.6. The van der Waals surface area contributed by atoms with Gasteiger partial charge in [-0.3, -0.25) is 19.8 Å². The van der Waals surface area contributed by atoms with Gasteiger partial charge in [-0.25, -0.2) is 4.79 Å². The van der Waals surface area contributed by atoms with Gasteiger partial charge in [0.1, 0.15) is 0 Å². The second-order valence-electron chi connectivity index (χ2n) is 4.70. The molecule has 1 aliphatic carbocycles. The predicted molar refractivity (Wildman–Crippen MR) is 68.7 cm³/mol. The number of rotatable bonds is 6. The maximum Gasteiger partial charge on any atom is 0.321 e. The number of carbonyl (C=O) groups excluding carboxylic acids is 2. The highest BCUT2D eigenvalue weighted by atomic mass is 16.4. The number of nitrogens with zero attached hydrogens (tertiary/aromatic N) is 1. The molecule has 0 aromatic heterocycles. The molecule has 0 spiro atoms. The molecule has 0 aliphatic heterocycles. The number of carboxylic acids is 1. The van der Waals surface area contributed by atoms with Gasteiger partial charge in [-0.1, -0.05) is 19.8 Å². The van der Waals surface area contributed by atoms with Gasteiger partial charge >= 0.3 is 12.0 Å². The molecule has 7 heteroatoms. The van der Waals surface area contributed by atoms with E-state index in [2.05, 4.69) is 10.6 Å². The minimum Gasteiger partial charge on any atom is -0.480 e. The fourth-order valence-electron chi connectivity index (χ4n) is 2.13. The van der Waals surface area contributed by atoms with Crippen molar-refractivity contribution in [3.63, 3.8) is 0 Å². The monoisotopic (exact) mass is 271 g/mol.